The summed E-state index contributed by atoms with van der Waals surface area (Å²) in [6.45, 7) is 3.91. The van der Waals surface area contributed by atoms with Crippen molar-refractivity contribution in [3.05, 3.63) is 53.6 Å². The van der Waals surface area contributed by atoms with Crippen molar-refractivity contribution in [3.63, 3.8) is 0 Å². The van der Waals surface area contributed by atoms with Crippen molar-refractivity contribution >= 4 is 11.4 Å². The fourth-order valence-corrected chi connectivity index (χ4v) is 3.13. The zero-order valence-corrected chi connectivity index (χ0v) is 14.4. The second-order valence-electron chi connectivity index (χ2n) is 6.98. The van der Waals surface area contributed by atoms with Crippen LogP contribution in [-0.2, 0) is 0 Å². The van der Waals surface area contributed by atoms with Gasteiger partial charge in [-0.25, -0.2) is 0 Å². The van der Waals surface area contributed by atoms with Gasteiger partial charge in [-0.1, -0.05) is 30.3 Å². The van der Waals surface area contributed by atoms with E-state index in [1.807, 2.05) is 44.2 Å². The molecule has 6 nitrogen and oxygen atoms in total. The maximum Gasteiger partial charge on any atom is 0.131 e. The number of aliphatic hydroxyl groups is 2. The first-order valence-corrected chi connectivity index (χ1v) is 8.32. The highest BCUT2D eigenvalue weighted by atomic mass is 16.5. The number of hydrogen-bond donors (Lipinski definition) is 5. The molecule has 3 rings (SSSR count). The van der Waals surface area contributed by atoms with Gasteiger partial charge in [0, 0.05) is 18.2 Å². The molecule has 25 heavy (non-hydrogen) atoms. The summed E-state index contributed by atoms with van der Waals surface area (Å²) in [7, 11) is 0. The molecule has 1 unspecified atom stereocenters. The smallest absolute Gasteiger partial charge is 0.131 e. The fourth-order valence-electron chi connectivity index (χ4n) is 3.13. The first kappa shape index (κ1) is 17.5. The Morgan fingerprint density at radius 2 is 1.80 bits per heavy atom. The Morgan fingerprint density at radius 1 is 1.16 bits per heavy atom. The summed E-state index contributed by atoms with van der Waals surface area (Å²) >= 11 is 0. The number of benzene rings is 2. The zero-order chi connectivity index (χ0) is 18.2. The summed E-state index contributed by atoms with van der Waals surface area (Å²) in [5, 5.41) is 24.4. The van der Waals surface area contributed by atoms with E-state index >= 15 is 0 Å². The highest BCUT2D eigenvalue weighted by molar-refractivity contribution is 5.68. The molecule has 2 aromatic rings. The van der Waals surface area contributed by atoms with Crippen LogP contribution < -0.4 is 21.5 Å². The molecule has 0 saturated carbocycles. The third-order valence-electron chi connectivity index (χ3n) is 4.67. The minimum atomic E-state index is -0.814. The van der Waals surface area contributed by atoms with Crippen LogP contribution in [-0.4, -0.2) is 28.5 Å². The zero-order valence-electron chi connectivity index (χ0n) is 14.4. The van der Waals surface area contributed by atoms with E-state index in [-0.39, 0.29) is 6.54 Å². The predicted molar refractivity (Wildman–Crippen MR) is 98.1 cm³/mol. The van der Waals surface area contributed by atoms with Crippen molar-refractivity contribution in [1.29, 1.82) is 0 Å². The van der Waals surface area contributed by atoms with Gasteiger partial charge in [0.1, 0.15) is 17.5 Å². The van der Waals surface area contributed by atoms with Gasteiger partial charge in [0.2, 0.25) is 0 Å². The van der Waals surface area contributed by atoms with Gasteiger partial charge in [0.15, 0.2) is 0 Å². The van der Waals surface area contributed by atoms with Gasteiger partial charge in [-0.15, -0.1) is 0 Å². The second-order valence-corrected chi connectivity index (χ2v) is 6.98. The predicted octanol–water partition coefficient (Wildman–Crippen LogP) is 1.75. The van der Waals surface area contributed by atoms with Crippen molar-refractivity contribution in [3.8, 4) is 5.75 Å². The lowest BCUT2D eigenvalue weighted by atomic mass is 9.86. The number of ether oxygens (including phenoxy) is 1. The van der Waals surface area contributed by atoms with E-state index in [1.54, 1.807) is 12.1 Å². The lowest BCUT2D eigenvalue weighted by Gasteiger charge is -2.43. The average molecular weight is 343 g/mol. The number of nitrogens with two attached hydrogens (primary N) is 2. The van der Waals surface area contributed by atoms with Crippen LogP contribution in [0.5, 0.6) is 5.75 Å². The van der Waals surface area contributed by atoms with Crippen molar-refractivity contribution < 1.29 is 14.9 Å². The van der Waals surface area contributed by atoms with Crippen molar-refractivity contribution in [2.45, 2.75) is 37.7 Å². The molecule has 0 saturated heterocycles. The molecule has 7 N–H and O–H groups in total. The number of nitrogens with one attached hydrogen (secondary N) is 1. The third-order valence-corrected chi connectivity index (χ3v) is 4.67. The largest absolute Gasteiger partial charge is 0.485 e. The quantitative estimate of drug-likeness (QED) is 0.541. The lowest BCUT2D eigenvalue weighted by molar-refractivity contribution is -0.0659. The second kappa shape index (κ2) is 6.55. The van der Waals surface area contributed by atoms with E-state index in [1.165, 1.54) is 0 Å². The minimum absolute atomic E-state index is 0.283. The first-order chi connectivity index (χ1) is 11.8. The molecule has 2 aromatic carbocycles. The SMILES string of the molecule is CC1(C)Oc2cc(N)c(N)cc2[C@H](NCC(O)c2ccccc2)[C@H]1O. The molecule has 3 atom stereocenters. The van der Waals surface area contributed by atoms with Crippen LogP contribution in [0.1, 0.15) is 37.1 Å². The summed E-state index contributed by atoms with van der Waals surface area (Å²) in [5.74, 6) is 0.591. The van der Waals surface area contributed by atoms with E-state index in [2.05, 4.69) is 5.32 Å². The third kappa shape index (κ3) is 3.42. The van der Waals surface area contributed by atoms with Crippen LogP contribution in [0.4, 0.5) is 11.4 Å². The van der Waals surface area contributed by atoms with Gasteiger partial charge < -0.3 is 31.7 Å². The number of anilines is 2. The standard InChI is InChI=1S/C19H25N3O3/c1-19(2)18(24)17(12-8-13(20)14(21)9-16(12)25-19)22-10-15(23)11-6-4-3-5-7-11/h3-9,15,17-18,22-24H,10,20-21H2,1-2H3/t15?,17-,18+/m0/s1. The molecular weight excluding hydrogens is 318 g/mol. The first-order valence-electron chi connectivity index (χ1n) is 8.32. The molecule has 0 fully saturated rings. The molecule has 0 aliphatic carbocycles. The van der Waals surface area contributed by atoms with E-state index < -0.39 is 23.9 Å². The molecule has 134 valence electrons. The van der Waals surface area contributed by atoms with E-state index in [0.717, 1.165) is 11.1 Å². The van der Waals surface area contributed by atoms with Gasteiger partial charge >= 0.3 is 0 Å². The normalized spacial score (nSPS) is 22.7. The molecule has 1 aliphatic heterocycles. The Kier molecular flexibility index (Phi) is 4.60. The topological polar surface area (TPSA) is 114 Å². The van der Waals surface area contributed by atoms with Crippen molar-refractivity contribution in [2.75, 3.05) is 18.0 Å². The van der Waals surface area contributed by atoms with Crippen LogP contribution in [0.15, 0.2) is 42.5 Å². The van der Waals surface area contributed by atoms with E-state index in [0.29, 0.717) is 17.1 Å². The summed E-state index contributed by atoms with van der Waals surface area (Å²) in [5.41, 5.74) is 13.4. The number of nitrogen functional groups attached to an aromatic ring is 2. The number of rotatable bonds is 4. The van der Waals surface area contributed by atoms with Crippen molar-refractivity contribution in [2.24, 2.45) is 0 Å². The molecule has 0 amide bonds. The Morgan fingerprint density at radius 3 is 2.48 bits per heavy atom. The Labute approximate surface area is 147 Å². The van der Waals surface area contributed by atoms with Crippen LogP contribution in [0, 0.1) is 0 Å². The van der Waals surface area contributed by atoms with Gasteiger partial charge in [0.25, 0.3) is 0 Å². The summed E-state index contributed by atoms with van der Waals surface area (Å²) in [4.78, 5) is 0. The van der Waals surface area contributed by atoms with Gasteiger partial charge in [-0.05, 0) is 25.5 Å². The molecule has 1 heterocycles. The summed E-state index contributed by atoms with van der Waals surface area (Å²) < 4.78 is 5.90. The van der Waals surface area contributed by atoms with Gasteiger partial charge in [-0.2, -0.15) is 0 Å². The molecule has 0 radical (unpaired) electrons. The maximum absolute atomic E-state index is 10.7. The Balaban J connectivity index is 1.86. The molecule has 0 aromatic heterocycles. The Bertz CT molecular complexity index is 749. The van der Waals surface area contributed by atoms with Crippen LogP contribution in [0.3, 0.4) is 0 Å². The molecular formula is C19H25N3O3. The number of fused-ring (bicyclic) bond motifs is 1. The fraction of sp³-hybridized carbons (Fsp3) is 0.368. The molecule has 6 heteroatoms. The molecule has 1 aliphatic rings. The monoisotopic (exact) mass is 343 g/mol. The van der Waals surface area contributed by atoms with Gasteiger partial charge in [-0.3, -0.25) is 0 Å². The van der Waals surface area contributed by atoms with Gasteiger partial charge in [0.05, 0.1) is 23.5 Å². The highest BCUT2D eigenvalue weighted by Crippen LogP contribution is 2.42. The molecule has 0 bridgehead atoms. The minimum Gasteiger partial charge on any atom is -0.485 e. The summed E-state index contributed by atoms with van der Waals surface area (Å²) in [6, 6.07) is 12.4. The maximum atomic E-state index is 10.7. The average Bonchev–Trinajstić information content (AvgIpc) is 2.58. The van der Waals surface area contributed by atoms with E-state index in [4.69, 9.17) is 16.2 Å². The number of hydrogen-bond acceptors (Lipinski definition) is 6. The van der Waals surface area contributed by atoms with Crippen LogP contribution in [0.2, 0.25) is 0 Å². The molecule has 0 spiro atoms. The number of aliphatic hydroxyl groups excluding tert-OH is 2. The lowest BCUT2D eigenvalue weighted by Crippen LogP contribution is -2.53. The highest BCUT2D eigenvalue weighted by Gasteiger charge is 2.43. The van der Waals surface area contributed by atoms with E-state index in [9.17, 15) is 10.2 Å². The van der Waals surface area contributed by atoms with Crippen LogP contribution >= 0.6 is 0 Å². The Hall–Kier alpha value is -2.28. The summed E-state index contributed by atoms with van der Waals surface area (Å²) in [6.07, 6.45) is -1.50. The van der Waals surface area contributed by atoms with Crippen LogP contribution in [0.25, 0.3) is 0 Å². The van der Waals surface area contributed by atoms with Crippen molar-refractivity contribution in [1.82, 2.24) is 5.32 Å².